The summed E-state index contributed by atoms with van der Waals surface area (Å²) < 4.78 is 16.9. The van der Waals surface area contributed by atoms with Crippen LogP contribution in [0.1, 0.15) is 25.8 Å². The number of nitrogens with zero attached hydrogens (tertiary/aromatic N) is 1. The Morgan fingerprint density at radius 1 is 1.17 bits per heavy atom. The van der Waals surface area contributed by atoms with E-state index in [1.165, 1.54) is 0 Å². The predicted molar refractivity (Wildman–Crippen MR) is 101 cm³/mol. The molecule has 0 unspecified atom stereocenters. The van der Waals surface area contributed by atoms with E-state index in [2.05, 4.69) is 31.6 Å². The van der Waals surface area contributed by atoms with Crippen molar-refractivity contribution in [2.24, 2.45) is 4.99 Å². The van der Waals surface area contributed by atoms with Gasteiger partial charge in [-0.25, -0.2) is 4.99 Å². The van der Waals surface area contributed by atoms with Gasteiger partial charge in [-0.2, -0.15) is 0 Å². The lowest BCUT2D eigenvalue weighted by molar-refractivity contribution is 0.145. The molecule has 0 amide bonds. The minimum atomic E-state index is 0.541. The van der Waals surface area contributed by atoms with Crippen LogP contribution in [0, 0.1) is 0 Å². The Labute approximate surface area is 153 Å². The van der Waals surface area contributed by atoms with Gasteiger partial charge in [0.25, 0.3) is 0 Å². The summed E-state index contributed by atoms with van der Waals surface area (Å²) in [6.07, 6.45) is 0.945. The summed E-state index contributed by atoms with van der Waals surface area (Å²) in [5.41, 5.74) is 1.03. The second-order valence-corrected chi connectivity index (χ2v) is 5.84. The summed E-state index contributed by atoms with van der Waals surface area (Å²) in [5.74, 6) is 2.16. The van der Waals surface area contributed by atoms with E-state index in [1.54, 1.807) is 14.2 Å². The molecule has 0 heterocycles. The number of aliphatic imine (C=N–C) groups is 1. The van der Waals surface area contributed by atoms with E-state index in [9.17, 15) is 0 Å². The molecule has 0 spiro atoms. The summed E-state index contributed by atoms with van der Waals surface area (Å²) in [4.78, 5) is 4.61. The van der Waals surface area contributed by atoms with Crippen LogP contribution in [0.2, 0.25) is 0 Å². The summed E-state index contributed by atoms with van der Waals surface area (Å²) in [6.45, 7) is 7.73. The monoisotopic (exact) mass is 401 g/mol. The van der Waals surface area contributed by atoms with Crippen LogP contribution >= 0.6 is 15.9 Å². The third-order valence-electron chi connectivity index (χ3n) is 3.22. The summed E-state index contributed by atoms with van der Waals surface area (Å²) in [7, 11) is 3.25. The number of hydrogen-bond donors (Lipinski definition) is 2. The Balaban J connectivity index is 2.69. The largest absolute Gasteiger partial charge is 0.493 e. The number of nitrogens with one attached hydrogen (secondary N) is 2. The van der Waals surface area contributed by atoms with Gasteiger partial charge >= 0.3 is 0 Å². The van der Waals surface area contributed by atoms with E-state index < -0.39 is 0 Å². The number of hydrogen-bond acceptors (Lipinski definition) is 4. The lowest BCUT2D eigenvalue weighted by atomic mass is 10.2. The zero-order valence-electron chi connectivity index (χ0n) is 14.9. The highest BCUT2D eigenvalue weighted by Gasteiger charge is 2.10. The van der Waals surface area contributed by atoms with E-state index in [-0.39, 0.29) is 0 Å². The first-order valence-corrected chi connectivity index (χ1v) is 8.95. The van der Waals surface area contributed by atoms with Crippen molar-refractivity contribution in [3.63, 3.8) is 0 Å². The molecule has 0 aliphatic heterocycles. The molecular formula is C17H28BrN3O3. The molecule has 7 heteroatoms. The molecule has 2 N–H and O–H groups in total. The molecule has 24 heavy (non-hydrogen) atoms. The minimum Gasteiger partial charge on any atom is -0.493 e. The number of rotatable bonds is 10. The first kappa shape index (κ1) is 20.6. The SMILES string of the molecule is CCNC(=NCc1cc(Br)c(OC)c(OC)c1)NCCCOCC. The molecule has 0 aliphatic carbocycles. The Bertz CT molecular complexity index is 524. The molecule has 1 aromatic carbocycles. The van der Waals surface area contributed by atoms with Crippen molar-refractivity contribution >= 4 is 21.9 Å². The van der Waals surface area contributed by atoms with Gasteiger partial charge in [-0.3, -0.25) is 0 Å². The van der Waals surface area contributed by atoms with Crippen LogP contribution in [0.4, 0.5) is 0 Å². The molecule has 0 atom stereocenters. The maximum Gasteiger partial charge on any atom is 0.191 e. The lowest BCUT2D eigenvalue weighted by Crippen LogP contribution is -2.38. The van der Waals surface area contributed by atoms with Crippen LogP contribution in [-0.4, -0.2) is 46.5 Å². The van der Waals surface area contributed by atoms with Gasteiger partial charge in [-0.15, -0.1) is 0 Å². The van der Waals surface area contributed by atoms with Gasteiger partial charge in [0.05, 0.1) is 25.2 Å². The molecule has 0 bridgehead atoms. The van der Waals surface area contributed by atoms with Crippen LogP contribution in [0.15, 0.2) is 21.6 Å². The van der Waals surface area contributed by atoms with Crippen molar-refractivity contribution in [1.82, 2.24) is 10.6 Å². The maximum absolute atomic E-state index is 5.37. The highest BCUT2D eigenvalue weighted by Crippen LogP contribution is 2.36. The van der Waals surface area contributed by atoms with E-state index in [1.807, 2.05) is 26.0 Å². The normalized spacial score (nSPS) is 11.3. The first-order valence-electron chi connectivity index (χ1n) is 8.16. The summed E-state index contributed by atoms with van der Waals surface area (Å²) in [6, 6.07) is 3.93. The van der Waals surface area contributed by atoms with Crippen molar-refractivity contribution < 1.29 is 14.2 Å². The molecule has 1 rings (SSSR count). The number of ether oxygens (including phenoxy) is 3. The molecule has 0 radical (unpaired) electrons. The van der Waals surface area contributed by atoms with Crippen molar-refractivity contribution in [2.45, 2.75) is 26.8 Å². The lowest BCUT2D eigenvalue weighted by Gasteiger charge is -2.13. The van der Waals surface area contributed by atoms with Crippen LogP contribution in [-0.2, 0) is 11.3 Å². The molecule has 136 valence electrons. The van der Waals surface area contributed by atoms with Crippen LogP contribution in [0.25, 0.3) is 0 Å². The van der Waals surface area contributed by atoms with Crippen LogP contribution in [0.3, 0.4) is 0 Å². The molecule has 0 fully saturated rings. The van der Waals surface area contributed by atoms with Gasteiger partial charge in [0.2, 0.25) is 0 Å². The van der Waals surface area contributed by atoms with E-state index in [0.717, 1.165) is 48.7 Å². The molecule has 0 aromatic heterocycles. The zero-order valence-corrected chi connectivity index (χ0v) is 16.5. The summed E-state index contributed by atoms with van der Waals surface area (Å²) >= 11 is 3.50. The highest BCUT2D eigenvalue weighted by atomic mass is 79.9. The fourth-order valence-corrected chi connectivity index (χ4v) is 2.75. The second kappa shape index (κ2) is 12.0. The standard InChI is InChI=1S/C17H28BrN3O3/c1-5-19-17(20-8-7-9-24-6-2)21-12-13-10-14(18)16(23-4)15(11-13)22-3/h10-11H,5-9,12H2,1-4H3,(H2,19,20,21). The average Bonchev–Trinajstić information content (AvgIpc) is 2.58. The highest BCUT2D eigenvalue weighted by molar-refractivity contribution is 9.10. The molecule has 0 saturated carbocycles. The Hall–Kier alpha value is -1.47. The van der Waals surface area contributed by atoms with Gasteiger partial charge in [0, 0.05) is 26.3 Å². The Kier molecular flexibility index (Phi) is 10.3. The predicted octanol–water partition coefficient (Wildman–Crippen LogP) is 2.95. The molecule has 6 nitrogen and oxygen atoms in total. The zero-order chi connectivity index (χ0) is 17.8. The van der Waals surface area contributed by atoms with Crippen molar-refractivity contribution in [3.05, 3.63) is 22.2 Å². The second-order valence-electron chi connectivity index (χ2n) is 4.99. The smallest absolute Gasteiger partial charge is 0.191 e. The first-order chi connectivity index (χ1) is 11.7. The van der Waals surface area contributed by atoms with Gasteiger partial charge in [-0.1, -0.05) is 0 Å². The Morgan fingerprint density at radius 2 is 1.96 bits per heavy atom. The minimum absolute atomic E-state index is 0.541. The molecular weight excluding hydrogens is 374 g/mol. The van der Waals surface area contributed by atoms with E-state index in [4.69, 9.17) is 14.2 Å². The van der Waals surface area contributed by atoms with E-state index in [0.29, 0.717) is 18.0 Å². The molecule has 1 aromatic rings. The Morgan fingerprint density at radius 3 is 2.58 bits per heavy atom. The number of benzene rings is 1. The van der Waals surface area contributed by atoms with Crippen LogP contribution in [0.5, 0.6) is 11.5 Å². The third-order valence-corrected chi connectivity index (χ3v) is 3.81. The quantitative estimate of drug-likeness (QED) is 0.358. The molecule has 0 saturated heterocycles. The number of methoxy groups -OCH3 is 2. The van der Waals surface area contributed by atoms with Gasteiger partial charge in [0.15, 0.2) is 17.5 Å². The third kappa shape index (κ3) is 6.97. The van der Waals surface area contributed by atoms with Crippen molar-refractivity contribution in [2.75, 3.05) is 40.5 Å². The van der Waals surface area contributed by atoms with Crippen molar-refractivity contribution in [3.8, 4) is 11.5 Å². The van der Waals surface area contributed by atoms with Gasteiger partial charge < -0.3 is 24.8 Å². The maximum atomic E-state index is 5.37. The van der Waals surface area contributed by atoms with E-state index >= 15 is 0 Å². The van der Waals surface area contributed by atoms with Gasteiger partial charge in [-0.05, 0) is 53.9 Å². The fraction of sp³-hybridized carbons (Fsp3) is 0.588. The summed E-state index contributed by atoms with van der Waals surface area (Å²) in [5, 5.41) is 6.55. The van der Waals surface area contributed by atoms with Crippen molar-refractivity contribution in [1.29, 1.82) is 0 Å². The molecule has 0 aliphatic rings. The number of guanidine groups is 1. The van der Waals surface area contributed by atoms with Gasteiger partial charge in [0.1, 0.15) is 0 Å². The van der Waals surface area contributed by atoms with Crippen LogP contribution < -0.4 is 20.1 Å². The topological polar surface area (TPSA) is 64.1 Å². The fourth-order valence-electron chi connectivity index (χ4n) is 2.10. The number of halogens is 1. The average molecular weight is 402 g/mol.